The van der Waals surface area contributed by atoms with Crippen LogP contribution in [0, 0.1) is 5.92 Å². The van der Waals surface area contributed by atoms with Gasteiger partial charge in [0.2, 0.25) is 0 Å². The van der Waals surface area contributed by atoms with Gasteiger partial charge in [0, 0.05) is 13.0 Å². The van der Waals surface area contributed by atoms with E-state index < -0.39 is 5.97 Å². The van der Waals surface area contributed by atoms with Gasteiger partial charge in [-0.05, 0) is 38.8 Å². The average molecular weight is 199 g/mol. The second-order valence-electron chi connectivity index (χ2n) is 4.41. The summed E-state index contributed by atoms with van der Waals surface area (Å²) in [6.45, 7) is 2.07. The van der Waals surface area contributed by atoms with E-state index in [2.05, 4.69) is 11.9 Å². The Bertz CT molecular complexity index is 176. The molecule has 0 aliphatic heterocycles. The number of rotatable bonds is 6. The monoisotopic (exact) mass is 199 g/mol. The van der Waals surface area contributed by atoms with Gasteiger partial charge in [-0.1, -0.05) is 12.8 Å². The normalized spacial score (nSPS) is 17.9. The third-order valence-corrected chi connectivity index (χ3v) is 2.98. The molecule has 0 spiro atoms. The number of carboxylic acid groups (broad SMARTS) is 1. The molecule has 0 saturated heterocycles. The maximum Gasteiger partial charge on any atom is 0.303 e. The molecule has 0 atom stereocenters. The van der Waals surface area contributed by atoms with Crippen molar-refractivity contribution in [1.82, 2.24) is 4.90 Å². The Kier molecular flexibility index (Phi) is 4.94. The first-order valence-electron chi connectivity index (χ1n) is 5.59. The summed E-state index contributed by atoms with van der Waals surface area (Å²) in [6.07, 6.45) is 6.57. The molecule has 1 aliphatic carbocycles. The van der Waals surface area contributed by atoms with E-state index in [-0.39, 0.29) is 0 Å². The number of hydrogen-bond donors (Lipinski definition) is 1. The smallest absolute Gasteiger partial charge is 0.303 e. The molecular formula is C11H21NO2. The first kappa shape index (κ1) is 11.5. The van der Waals surface area contributed by atoms with E-state index in [0.717, 1.165) is 25.4 Å². The van der Waals surface area contributed by atoms with Crippen LogP contribution in [0.4, 0.5) is 0 Å². The van der Waals surface area contributed by atoms with E-state index in [1.807, 2.05) is 0 Å². The first-order chi connectivity index (χ1) is 6.68. The lowest BCUT2D eigenvalue weighted by molar-refractivity contribution is -0.137. The van der Waals surface area contributed by atoms with E-state index >= 15 is 0 Å². The number of carboxylic acids is 1. The van der Waals surface area contributed by atoms with Gasteiger partial charge >= 0.3 is 5.97 Å². The van der Waals surface area contributed by atoms with Crippen LogP contribution in [0.2, 0.25) is 0 Å². The highest BCUT2D eigenvalue weighted by Crippen LogP contribution is 2.25. The van der Waals surface area contributed by atoms with E-state index in [1.54, 1.807) is 0 Å². The summed E-state index contributed by atoms with van der Waals surface area (Å²) < 4.78 is 0. The van der Waals surface area contributed by atoms with Crippen LogP contribution in [0.25, 0.3) is 0 Å². The molecule has 0 heterocycles. The third-order valence-electron chi connectivity index (χ3n) is 2.98. The minimum absolute atomic E-state index is 0.301. The van der Waals surface area contributed by atoms with Gasteiger partial charge in [-0.2, -0.15) is 0 Å². The predicted octanol–water partition coefficient (Wildman–Crippen LogP) is 1.97. The van der Waals surface area contributed by atoms with Crippen molar-refractivity contribution in [2.45, 2.75) is 38.5 Å². The van der Waals surface area contributed by atoms with E-state index in [4.69, 9.17) is 5.11 Å². The van der Waals surface area contributed by atoms with Crippen molar-refractivity contribution in [1.29, 1.82) is 0 Å². The molecule has 1 saturated carbocycles. The quantitative estimate of drug-likeness (QED) is 0.711. The molecule has 1 rings (SSSR count). The van der Waals surface area contributed by atoms with Gasteiger partial charge in [-0.3, -0.25) is 4.79 Å². The largest absolute Gasteiger partial charge is 0.481 e. The van der Waals surface area contributed by atoms with Crippen LogP contribution < -0.4 is 0 Å². The zero-order chi connectivity index (χ0) is 10.4. The van der Waals surface area contributed by atoms with Crippen molar-refractivity contribution in [3.05, 3.63) is 0 Å². The second kappa shape index (κ2) is 6.02. The Balaban J connectivity index is 2.03. The van der Waals surface area contributed by atoms with Crippen LogP contribution >= 0.6 is 0 Å². The molecule has 0 radical (unpaired) electrons. The van der Waals surface area contributed by atoms with E-state index in [9.17, 15) is 4.79 Å². The second-order valence-corrected chi connectivity index (χ2v) is 4.41. The topological polar surface area (TPSA) is 40.5 Å². The molecule has 3 heteroatoms. The van der Waals surface area contributed by atoms with Crippen LogP contribution in [-0.4, -0.2) is 36.1 Å². The minimum atomic E-state index is -0.681. The summed E-state index contributed by atoms with van der Waals surface area (Å²) in [5, 5.41) is 8.49. The van der Waals surface area contributed by atoms with Gasteiger partial charge in [0.1, 0.15) is 0 Å². The maximum absolute atomic E-state index is 10.3. The van der Waals surface area contributed by atoms with Gasteiger partial charge < -0.3 is 10.0 Å². The van der Waals surface area contributed by atoms with Crippen molar-refractivity contribution < 1.29 is 9.90 Å². The predicted molar refractivity (Wildman–Crippen MR) is 56.3 cm³/mol. The summed E-state index contributed by atoms with van der Waals surface area (Å²) >= 11 is 0. The van der Waals surface area contributed by atoms with Gasteiger partial charge in [0.15, 0.2) is 0 Å². The number of nitrogens with zero attached hydrogens (tertiary/aromatic N) is 1. The fraction of sp³-hybridized carbons (Fsp3) is 0.909. The van der Waals surface area contributed by atoms with Gasteiger partial charge in [0.05, 0.1) is 0 Å². The van der Waals surface area contributed by atoms with Crippen LogP contribution in [0.15, 0.2) is 0 Å². The van der Waals surface area contributed by atoms with E-state index in [0.29, 0.717) is 6.42 Å². The molecule has 1 fully saturated rings. The van der Waals surface area contributed by atoms with Crippen molar-refractivity contribution in [3.8, 4) is 0 Å². The van der Waals surface area contributed by atoms with Gasteiger partial charge in [-0.25, -0.2) is 0 Å². The van der Waals surface area contributed by atoms with Gasteiger partial charge in [-0.15, -0.1) is 0 Å². The highest BCUT2D eigenvalue weighted by atomic mass is 16.4. The Morgan fingerprint density at radius 3 is 2.64 bits per heavy atom. The lowest BCUT2D eigenvalue weighted by atomic mass is 10.1. The fourth-order valence-corrected chi connectivity index (χ4v) is 2.23. The average Bonchev–Trinajstić information content (AvgIpc) is 2.56. The minimum Gasteiger partial charge on any atom is -0.481 e. The lowest BCUT2D eigenvalue weighted by Crippen LogP contribution is -2.25. The van der Waals surface area contributed by atoms with Crippen molar-refractivity contribution in [3.63, 3.8) is 0 Å². The summed E-state index contributed by atoms with van der Waals surface area (Å²) in [5.41, 5.74) is 0. The van der Waals surface area contributed by atoms with Crippen molar-refractivity contribution >= 4 is 5.97 Å². The molecular weight excluding hydrogens is 178 g/mol. The highest BCUT2D eigenvalue weighted by molar-refractivity contribution is 5.66. The first-order valence-corrected chi connectivity index (χ1v) is 5.59. The third kappa shape index (κ3) is 4.61. The maximum atomic E-state index is 10.3. The summed E-state index contributed by atoms with van der Waals surface area (Å²) in [6, 6.07) is 0. The Morgan fingerprint density at radius 2 is 2.07 bits per heavy atom. The zero-order valence-corrected chi connectivity index (χ0v) is 9.04. The molecule has 1 aliphatic rings. The Morgan fingerprint density at radius 1 is 1.43 bits per heavy atom. The molecule has 82 valence electrons. The summed E-state index contributed by atoms with van der Waals surface area (Å²) in [5.74, 6) is 0.184. The number of hydrogen-bond acceptors (Lipinski definition) is 2. The van der Waals surface area contributed by atoms with E-state index in [1.165, 1.54) is 25.7 Å². The lowest BCUT2D eigenvalue weighted by Gasteiger charge is -2.20. The van der Waals surface area contributed by atoms with Crippen molar-refractivity contribution in [2.24, 2.45) is 5.92 Å². The fourth-order valence-electron chi connectivity index (χ4n) is 2.23. The summed E-state index contributed by atoms with van der Waals surface area (Å²) in [7, 11) is 2.10. The van der Waals surface area contributed by atoms with Gasteiger partial charge in [0.25, 0.3) is 0 Å². The molecule has 1 N–H and O–H groups in total. The Hall–Kier alpha value is -0.570. The molecule has 0 aromatic carbocycles. The molecule has 14 heavy (non-hydrogen) atoms. The highest BCUT2D eigenvalue weighted by Gasteiger charge is 2.16. The Labute approximate surface area is 86.1 Å². The molecule has 0 amide bonds. The number of aliphatic carboxylic acids is 1. The zero-order valence-electron chi connectivity index (χ0n) is 9.04. The van der Waals surface area contributed by atoms with Crippen molar-refractivity contribution in [2.75, 3.05) is 20.1 Å². The SMILES string of the molecule is CN(CCCC(=O)O)CC1CCCC1. The molecule has 0 aromatic heterocycles. The van der Waals surface area contributed by atoms with Crippen LogP contribution in [0.1, 0.15) is 38.5 Å². The molecule has 0 unspecified atom stereocenters. The molecule has 0 aromatic rings. The molecule has 3 nitrogen and oxygen atoms in total. The van der Waals surface area contributed by atoms with Crippen LogP contribution in [-0.2, 0) is 4.79 Å². The molecule has 0 bridgehead atoms. The summed E-state index contributed by atoms with van der Waals surface area (Å²) in [4.78, 5) is 12.6. The van der Waals surface area contributed by atoms with Crippen LogP contribution in [0.3, 0.4) is 0 Å². The van der Waals surface area contributed by atoms with Crippen LogP contribution in [0.5, 0.6) is 0 Å². The number of carbonyl (C=O) groups is 1. The standard InChI is InChI=1S/C11H21NO2/c1-12(8-4-7-11(13)14)9-10-5-2-3-6-10/h10H,2-9H2,1H3,(H,13,14).